The number of nitrogens with one attached hydrogen (secondary N) is 1. The van der Waals surface area contributed by atoms with Crippen LogP contribution in [0.2, 0.25) is 5.02 Å². The second-order valence-corrected chi connectivity index (χ2v) is 5.84. The smallest absolute Gasteiger partial charge is 0.121 e. The Morgan fingerprint density at radius 2 is 2.06 bits per heavy atom. The molecule has 0 heterocycles. The maximum absolute atomic E-state index is 10.1. The van der Waals surface area contributed by atoms with Crippen molar-refractivity contribution in [2.24, 2.45) is 5.92 Å². The first-order valence-corrected chi connectivity index (χ1v) is 6.59. The third-order valence-corrected chi connectivity index (χ3v) is 3.10. The van der Waals surface area contributed by atoms with Crippen molar-refractivity contribution < 1.29 is 10.2 Å². The molecule has 102 valence electrons. The molecule has 0 aliphatic heterocycles. The van der Waals surface area contributed by atoms with Crippen LogP contribution >= 0.6 is 11.6 Å². The zero-order valence-electron chi connectivity index (χ0n) is 11.2. The zero-order valence-corrected chi connectivity index (χ0v) is 12.0. The number of aliphatic hydroxyl groups is 1. The summed E-state index contributed by atoms with van der Waals surface area (Å²) in [4.78, 5) is 0. The first-order chi connectivity index (χ1) is 8.32. The van der Waals surface area contributed by atoms with Crippen LogP contribution in [-0.4, -0.2) is 22.4 Å². The van der Waals surface area contributed by atoms with Crippen LogP contribution in [0, 0.1) is 5.92 Å². The van der Waals surface area contributed by atoms with Gasteiger partial charge in [-0.15, -0.1) is 0 Å². The van der Waals surface area contributed by atoms with E-state index < -0.39 is 5.60 Å². The number of rotatable bonds is 6. The molecule has 1 aromatic rings. The number of benzene rings is 1. The molecule has 0 aliphatic carbocycles. The molecule has 4 heteroatoms. The highest BCUT2D eigenvalue weighted by atomic mass is 35.5. The van der Waals surface area contributed by atoms with Crippen molar-refractivity contribution in [1.29, 1.82) is 0 Å². The lowest BCUT2D eigenvalue weighted by atomic mass is 9.94. The van der Waals surface area contributed by atoms with E-state index in [4.69, 9.17) is 11.6 Å². The van der Waals surface area contributed by atoms with Crippen molar-refractivity contribution >= 4 is 11.6 Å². The van der Waals surface area contributed by atoms with Crippen LogP contribution in [0.4, 0.5) is 0 Å². The average molecular weight is 272 g/mol. The van der Waals surface area contributed by atoms with E-state index in [0.717, 1.165) is 6.42 Å². The fourth-order valence-electron chi connectivity index (χ4n) is 2.13. The van der Waals surface area contributed by atoms with E-state index in [1.807, 2.05) is 6.92 Å². The van der Waals surface area contributed by atoms with E-state index in [-0.39, 0.29) is 5.75 Å². The van der Waals surface area contributed by atoms with Crippen LogP contribution < -0.4 is 5.32 Å². The molecular formula is C14H22ClNO2. The highest BCUT2D eigenvalue weighted by Crippen LogP contribution is 2.25. The third-order valence-electron chi connectivity index (χ3n) is 2.75. The van der Waals surface area contributed by atoms with Crippen LogP contribution in [0.25, 0.3) is 0 Å². The maximum Gasteiger partial charge on any atom is 0.121 e. The van der Waals surface area contributed by atoms with Gasteiger partial charge in [-0.2, -0.15) is 0 Å². The van der Waals surface area contributed by atoms with Gasteiger partial charge in [-0.1, -0.05) is 31.5 Å². The van der Waals surface area contributed by atoms with E-state index in [1.165, 1.54) is 0 Å². The molecule has 0 radical (unpaired) electrons. The first kappa shape index (κ1) is 15.3. The second kappa shape index (κ2) is 6.41. The van der Waals surface area contributed by atoms with Gasteiger partial charge in [-0.3, -0.25) is 0 Å². The predicted molar refractivity (Wildman–Crippen MR) is 74.9 cm³/mol. The summed E-state index contributed by atoms with van der Waals surface area (Å²) in [6.45, 7) is 6.88. The van der Waals surface area contributed by atoms with Gasteiger partial charge in [0.15, 0.2) is 0 Å². The second-order valence-electron chi connectivity index (χ2n) is 5.44. The number of halogens is 1. The van der Waals surface area contributed by atoms with Crippen molar-refractivity contribution in [3.05, 3.63) is 28.8 Å². The molecule has 0 amide bonds. The Morgan fingerprint density at radius 3 is 2.61 bits per heavy atom. The van der Waals surface area contributed by atoms with Crippen molar-refractivity contribution in [2.45, 2.75) is 39.3 Å². The van der Waals surface area contributed by atoms with Crippen LogP contribution in [0.3, 0.4) is 0 Å². The highest BCUT2D eigenvalue weighted by molar-refractivity contribution is 6.31. The normalized spacial score (nSPS) is 14.8. The summed E-state index contributed by atoms with van der Waals surface area (Å²) in [6.07, 6.45) is 0.731. The summed E-state index contributed by atoms with van der Waals surface area (Å²) in [5.74, 6) is 0.619. The fraction of sp³-hybridized carbons (Fsp3) is 0.571. The minimum absolute atomic E-state index is 0.179. The summed E-state index contributed by atoms with van der Waals surface area (Å²) in [5.41, 5.74) is -0.0788. The quantitative estimate of drug-likeness (QED) is 0.746. The van der Waals surface area contributed by atoms with E-state index in [0.29, 0.717) is 29.6 Å². The molecule has 0 saturated heterocycles. The molecule has 3 nitrogen and oxygen atoms in total. The summed E-state index contributed by atoms with van der Waals surface area (Å²) >= 11 is 6.00. The maximum atomic E-state index is 10.1. The van der Waals surface area contributed by atoms with Gasteiger partial charge in [-0.05, 0) is 31.4 Å². The van der Waals surface area contributed by atoms with E-state index in [1.54, 1.807) is 18.2 Å². The van der Waals surface area contributed by atoms with Crippen LogP contribution in [0.1, 0.15) is 32.8 Å². The average Bonchev–Trinajstić information content (AvgIpc) is 2.20. The van der Waals surface area contributed by atoms with Gasteiger partial charge >= 0.3 is 0 Å². The lowest BCUT2D eigenvalue weighted by Gasteiger charge is -2.25. The molecule has 0 spiro atoms. The molecule has 1 aromatic carbocycles. The van der Waals surface area contributed by atoms with Crippen molar-refractivity contribution in [3.8, 4) is 5.75 Å². The van der Waals surface area contributed by atoms with Gasteiger partial charge in [-0.25, -0.2) is 0 Å². The minimum Gasteiger partial charge on any atom is -0.508 e. The third kappa shape index (κ3) is 4.84. The number of phenolic OH excluding ortho intramolecular Hbond substituents is 1. The van der Waals surface area contributed by atoms with Crippen molar-refractivity contribution in [1.82, 2.24) is 5.32 Å². The van der Waals surface area contributed by atoms with E-state index >= 15 is 0 Å². The molecule has 1 atom stereocenters. The summed E-state index contributed by atoms with van der Waals surface area (Å²) in [7, 11) is 0. The van der Waals surface area contributed by atoms with Crippen LogP contribution in [0.15, 0.2) is 18.2 Å². The standard InChI is InChI=1S/C14H22ClNO2/c1-10(2)7-14(3,18)9-16-8-11-12(15)5-4-6-13(11)17/h4-6,10,16-18H,7-9H2,1-3H3. The fourth-order valence-corrected chi connectivity index (χ4v) is 2.37. The molecule has 1 unspecified atom stereocenters. The van der Waals surface area contributed by atoms with E-state index in [2.05, 4.69) is 19.2 Å². The summed E-state index contributed by atoms with van der Waals surface area (Å²) in [6, 6.07) is 5.05. The molecule has 0 bridgehead atoms. The first-order valence-electron chi connectivity index (χ1n) is 6.21. The Bertz CT molecular complexity index is 371. The Kier molecular flexibility index (Phi) is 5.45. The van der Waals surface area contributed by atoms with Gasteiger partial charge in [0.1, 0.15) is 5.75 Å². The monoisotopic (exact) mass is 271 g/mol. The van der Waals surface area contributed by atoms with E-state index in [9.17, 15) is 10.2 Å². The van der Waals surface area contributed by atoms with Gasteiger partial charge in [0.25, 0.3) is 0 Å². The SMILES string of the molecule is CC(C)CC(C)(O)CNCc1c(O)cccc1Cl. The van der Waals surface area contributed by atoms with Gasteiger partial charge in [0, 0.05) is 23.7 Å². The molecule has 18 heavy (non-hydrogen) atoms. The molecule has 1 rings (SSSR count). The topological polar surface area (TPSA) is 52.5 Å². The van der Waals surface area contributed by atoms with Gasteiger partial charge < -0.3 is 15.5 Å². The molecular weight excluding hydrogens is 250 g/mol. The van der Waals surface area contributed by atoms with Gasteiger partial charge in [0.2, 0.25) is 0 Å². The van der Waals surface area contributed by atoms with Crippen molar-refractivity contribution in [2.75, 3.05) is 6.54 Å². The Labute approximate surface area is 114 Å². The van der Waals surface area contributed by atoms with Crippen LogP contribution in [0.5, 0.6) is 5.75 Å². The summed E-state index contributed by atoms with van der Waals surface area (Å²) < 4.78 is 0. The Morgan fingerprint density at radius 1 is 1.39 bits per heavy atom. The van der Waals surface area contributed by atoms with Crippen molar-refractivity contribution in [3.63, 3.8) is 0 Å². The molecule has 0 fully saturated rings. The number of hydrogen-bond acceptors (Lipinski definition) is 3. The summed E-state index contributed by atoms with van der Waals surface area (Å²) in [5, 5.41) is 23.5. The number of hydrogen-bond donors (Lipinski definition) is 3. The molecule has 0 aliphatic rings. The predicted octanol–water partition coefficient (Wildman–Crippen LogP) is 2.93. The lowest BCUT2D eigenvalue weighted by Crippen LogP contribution is -2.38. The Hall–Kier alpha value is -0.770. The van der Waals surface area contributed by atoms with Gasteiger partial charge in [0.05, 0.1) is 5.60 Å². The molecule has 0 saturated carbocycles. The minimum atomic E-state index is -0.745. The lowest BCUT2D eigenvalue weighted by molar-refractivity contribution is 0.0383. The number of aromatic hydroxyl groups is 1. The number of phenols is 1. The highest BCUT2D eigenvalue weighted by Gasteiger charge is 2.21. The zero-order chi connectivity index (χ0) is 13.8. The largest absolute Gasteiger partial charge is 0.508 e. The van der Waals surface area contributed by atoms with Crippen LogP contribution in [-0.2, 0) is 6.54 Å². The molecule has 0 aromatic heterocycles. The Balaban J connectivity index is 2.51. The molecule has 3 N–H and O–H groups in total.